The van der Waals surface area contributed by atoms with Crippen molar-refractivity contribution in [2.24, 2.45) is 0 Å². The molecule has 0 saturated carbocycles. The summed E-state index contributed by atoms with van der Waals surface area (Å²) in [6.45, 7) is 4.14. The molecule has 1 atom stereocenters. The van der Waals surface area contributed by atoms with Crippen LogP contribution in [0.15, 0.2) is 30.3 Å². The molecule has 2 heteroatoms. The zero-order chi connectivity index (χ0) is 13.0. The first-order valence-corrected chi connectivity index (χ1v) is 6.33. The van der Waals surface area contributed by atoms with Crippen LogP contribution in [-0.2, 0) is 0 Å². The minimum Gasteiger partial charge on any atom is -0.371 e. The van der Waals surface area contributed by atoms with E-state index in [9.17, 15) is 0 Å². The minimum atomic E-state index is 0.0835. The standard InChI is InChI=1S/C16H18N2/c1-4-8-13(5-2)18-16-11-12(3)17-15-10-7-6-9-14(15)16/h2,6-7,9-11,13H,4,8H2,1,3H3,(H,17,18). The van der Waals surface area contributed by atoms with Gasteiger partial charge in [-0.15, -0.1) is 6.42 Å². The first-order valence-electron chi connectivity index (χ1n) is 6.33. The van der Waals surface area contributed by atoms with Gasteiger partial charge in [-0.1, -0.05) is 37.5 Å². The molecule has 1 aromatic heterocycles. The largest absolute Gasteiger partial charge is 0.371 e. The molecule has 1 N–H and O–H groups in total. The van der Waals surface area contributed by atoms with Gasteiger partial charge in [-0.2, -0.15) is 0 Å². The van der Waals surface area contributed by atoms with Crippen LogP contribution >= 0.6 is 0 Å². The van der Waals surface area contributed by atoms with E-state index in [1.807, 2.05) is 25.1 Å². The fraction of sp³-hybridized carbons (Fsp3) is 0.312. The highest BCUT2D eigenvalue weighted by Gasteiger charge is 2.07. The molecule has 0 radical (unpaired) electrons. The predicted molar refractivity (Wildman–Crippen MR) is 77.6 cm³/mol. The van der Waals surface area contributed by atoms with Gasteiger partial charge >= 0.3 is 0 Å². The molecule has 1 aromatic carbocycles. The number of anilines is 1. The quantitative estimate of drug-likeness (QED) is 0.820. The zero-order valence-electron chi connectivity index (χ0n) is 10.9. The highest BCUT2D eigenvalue weighted by atomic mass is 14.9. The zero-order valence-corrected chi connectivity index (χ0v) is 10.9. The molecule has 2 rings (SSSR count). The van der Waals surface area contributed by atoms with Gasteiger partial charge in [0.05, 0.1) is 11.6 Å². The second-order valence-electron chi connectivity index (χ2n) is 4.48. The van der Waals surface area contributed by atoms with Crippen LogP contribution in [0, 0.1) is 19.3 Å². The van der Waals surface area contributed by atoms with E-state index in [4.69, 9.17) is 6.42 Å². The van der Waals surface area contributed by atoms with Crippen LogP contribution in [0.5, 0.6) is 0 Å². The Hall–Kier alpha value is -2.01. The number of fused-ring (bicyclic) bond motifs is 1. The summed E-state index contributed by atoms with van der Waals surface area (Å²) < 4.78 is 0. The third kappa shape index (κ3) is 2.62. The van der Waals surface area contributed by atoms with Crippen LogP contribution in [0.2, 0.25) is 0 Å². The number of aromatic nitrogens is 1. The van der Waals surface area contributed by atoms with E-state index in [1.54, 1.807) is 0 Å². The molecule has 0 amide bonds. The van der Waals surface area contributed by atoms with Crippen molar-refractivity contribution in [2.45, 2.75) is 32.7 Å². The Balaban J connectivity index is 2.41. The summed E-state index contributed by atoms with van der Waals surface area (Å²) in [6.07, 6.45) is 7.61. The number of rotatable bonds is 4. The van der Waals surface area contributed by atoms with Crippen molar-refractivity contribution in [2.75, 3.05) is 5.32 Å². The van der Waals surface area contributed by atoms with Crippen LogP contribution in [0.4, 0.5) is 5.69 Å². The number of hydrogen-bond donors (Lipinski definition) is 1. The summed E-state index contributed by atoms with van der Waals surface area (Å²) in [5.41, 5.74) is 3.09. The Morgan fingerprint density at radius 3 is 2.89 bits per heavy atom. The lowest BCUT2D eigenvalue weighted by atomic mass is 10.1. The van der Waals surface area contributed by atoms with Gasteiger partial charge in [0.2, 0.25) is 0 Å². The summed E-state index contributed by atoms with van der Waals surface area (Å²) in [7, 11) is 0. The van der Waals surface area contributed by atoms with Crippen molar-refractivity contribution < 1.29 is 0 Å². The number of pyridine rings is 1. The van der Waals surface area contributed by atoms with Crippen LogP contribution in [0.25, 0.3) is 10.9 Å². The third-order valence-corrected chi connectivity index (χ3v) is 2.95. The van der Waals surface area contributed by atoms with E-state index >= 15 is 0 Å². The van der Waals surface area contributed by atoms with E-state index in [-0.39, 0.29) is 6.04 Å². The van der Waals surface area contributed by atoms with E-state index in [2.05, 4.69) is 35.3 Å². The Bertz CT molecular complexity index is 581. The highest BCUT2D eigenvalue weighted by molar-refractivity contribution is 5.91. The summed E-state index contributed by atoms with van der Waals surface area (Å²) in [5, 5.41) is 4.56. The Labute approximate surface area is 108 Å². The Kier molecular flexibility index (Phi) is 3.84. The summed E-state index contributed by atoms with van der Waals surface area (Å²) in [5.74, 6) is 2.80. The Morgan fingerprint density at radius 2 is 2.17 bits per heavy atom. The van der Waals surface area contributed by atoms with Gasteiger partial charge in [-0.25, -0.2) is 0 Å². The summed E-state index contributed by atoms with van der Waals surface area (Å²) in [4.78, 5) is 4.52. The van der Waals surface area contributed by atoms with Crippen LogP contribution in [-0.4, -0.2) is 11.0 Å². The molecule has 0 aliphatic rings. The normalized spacial score (nSPS) is 12.1. The molecule has 0 bridgehead atoms. The number of aryl methyl sites for hydroxylation is 1. The lowest BCUT2D eigenvalue weighted by molar-refractivity contribution is 0.756. The van der Waals surface area contributed by atoms with Crippen LogP contribution < -0.4 is 5.32 Å². The highest BCUT2D eigenvalue weighted by Crippen LogP contribution is 2.24. The molecule has 0 saturated heterocycles. The predicted octanol–water partition coefficient (Wildman–Crippen LogP) is 3.76. The molecule has 0 aliphatic heterocycles. The van der Waals surface area contributed by atoms with Crippen molar-refractivity contribution in [1.82, 2.24) is 4.98 Å². The van der Waals surface area contributed by atoms with Gasteiger partial charge in [-0.05, 0) is 25.5 Å². The van der Waals surface area contributed by atoms with E-state index < -0.39 is 0 Å². The molecule has 2 aromatic rings. The van der Waals surface area contributed by atoms with E-state index in [1.165, 1.54) is 0 Å². The lowest BCUT2D eigenvalue weighted by Crippen LogP contribution is -2.17. The van der Waals surface area contributed by atoms with Gasteiger partial charge in [0, 0.05) is 16.8 Å². The second kappa shape index (κ2) is 5.55. The molecule has 92 valence electrons. The number of benzene rings is 1. The third-order valence-electron chi connectivity index (χ3n) is 2.95. The number of hydrogen-bond acceptors (Lipinski definition) is 2. The van der Waals surface area contributed by atoms with Gasteiger partial charge in [0.15, 0.2) is 0 Å². The molecular formula is C16H18N2. The molecule has 0 spiro atoms. The minimum absolute atomic E-state index is 0.0835. The average molecular weight is 238 g/mol. The van der Waals surface area contributed by atoms with Gasteiger partial charge in [-0.3, -0.25) is 4.98 Å². The smallest absolute Gasteiger partial charge is 0.0874 e. The maximum absolute atomic E-state index is 5.56. The molecule has 18 heavy (non-hydrogen) atoms. The molecule has 0 aliphatic carbocycles. The topological polar surface area (TPSA) is 24.9 Å². The maximum Gasteiger partial charge on any atom is 0.0874 e. The van der Waals surface area contributed by atoms with Crippen LogP contribution in [0.3, 0.4) is 0 Å². The first kappa shape index (κ1) is 12.4. The van der Waals surface area contributed by atoms with E-state index in [0.717, 1.165) is 35.1 Å². The van der Waals surface area contributed by atoms with Gasteiger partial charge in [0.25, 0.3) is 0 Å². The van der Waals surface area contributed by atoms with Crippen molar-refractivity contribution >= 4 is 16.6 Å². The average Bonchev–Trinajstić information content (AvgIpc) is 2.38. The van der Waals surface area contributed by atoms with Crippen molar-refractivity contribution in [3.05, 3.63) is 36.0 Å². The van der Waals surface area contributed by atoms with Crippen molar-refractivity contribution in [3.8, 4) is 12.3 Å². The molecule has 0 fully saturated rings. The molecule has 1 unspecified atom stereocenters. The summed E-state index contributed by atoms with van der Waals surface area (Å²) in [6, 6.07) is 10.3. The fourth-order valence-electron chi connectivity index (χ4n) is 2.10. The number of terminal acetylenes is 1. The Morgan fingerprint density at radius 1 is 1.39 bits per heavy atom. The number of nitrogens with one attached hydrogen (secondary N) is 1. The van der Waals surface area contributed by atoms with Crippen molar-refractivity contribution in [1.29, 1.82) is 0 Å². The SMILES string of the molecule is C#CC(CCC)Nc1cc(C)nc2ccccc12. The molecular weight excluding hydrogens is 220 g/mol. The first-order chi connectivity index (χ1) is 8.74. The lowest BCUT2D eigenvalue weighted by Gasteiger charge is -2.16. The second-order valence-corrected chi connectivity index (χ2v) is 4.48. The monoisotopic (exact) mass is 238 g/mol. The summed E-state index contributed by atoms with van der Waals surface area (Å²) >= 11 is 0. The van der Waals surface area contributed by atoms with E-state index in [0.29, 0.717) is 0 Å². The maximum atomic E-state index is 5.56. The van der Waals surface area contributed by atoms with Crippen molar-refractivity contribution in [3.63, 3.8) is 0 Å². The molecule has 2 nitrogen and oxygen atoms in total. The number of para-hydroxylation sites is 1. The number of nitrogens with zero attached hydrogens (tertiary/aromatic N) is 1. The fourth-order valence-corrected chi connectivity index (χ4v) is 2.10. The van der Waals surface area contributed by atoms with Crippen LogP contribution in [0.1, 0.15) is 25.5 Å². The van der Waals surface area contributed by atoms with Gasteiger partial charge in [0.1, 0.15) is 0 Å². The molecule has 1 heterocycles. The van der Waals surface area contributed by atoms with Gasteiger partial charge < -0.3 is 5.32 Å².